The molecule has 166 valence electrons. The molecule has 31 heavy (non-hydrogen) atoms. The zero-order valence-corrected chi connectivity index (χ0v) is 17.8. The summed E-state index contributed by atoms with van der Waals surface area (Å²) in [7, 11) is -3.84. The van der Waals surface area contributed by atoms with E-state index in [4.69, 9.17) is 4.74 Å². The summed E-state index contributed by atoms with van der Waals surface area (Å²) < 4.78 is 72.1. The molecule has 9 heteroatoms. The third kappa shape index (κ3) is 4.99. The van der Waals surface area contributed by atoms with Gasteiger partial charge >= 0.3 is 12.1 Å². The summed E-state index contributed by atoms with van der Waals surface area (Å²) in [5.74, 6) is -1.37. The molecule has 0 spiro atoms. The van der Waals surface area contributed by atoms with Crippen molar-refractivity contribution in [2.24, 2.45) is 5.92 Å². The predicted octanol–water partition coefficient (Wildman–Crippen LogP) is 4.49. The van der Waals surface area contributed by atoms with Crippen LogP contribution in [0.1, 0.15) is 29.7 Å². The van der Waals surface area contributed by atoms with Gasteiger partial charge in [-0.05, 0) is 36.8 Å². The number of halogens is 3. The normalized spacial score (nSPS) is 18.7. The predicted molar refractivity (Wildman–Crippen MR) is 109 cm³/mol. The average molecular weight is 453 g/mol. The third-order valence-corrected chi connectivity index (χ3v) is 6.99. The zero-order valence-electron chi connectivity index (χ0n) is 17.0. The van der Waals surface area contributed by atoms with Gasteiger partial charge in [0.2, 0.25) is 10.0 Å². The SMILES string of the molecule is C=C1CN(S(=O)(=O)c2ccc(C)cc2)C[C@H]1[C@@H](OC(C)=O)c1cccc(C(F)(F)F)c1. The second kappa shape index (κ2) is 8.47. The Balaban J connectivity index is 1.94. The van der Waals surface area contributed by atoms with Crippen molar-refractivity contribution in [2.75, 3.05) is 13.1 Å². The van der Waals surface area contributed by atoms with Crippen LogP contribution in [0.15, 0.2) is 65.6 Å². The maximum atomic E-state index is 13.2. The molecule has 2 aromatic rings. The van der Waals surface area contributed by atoms with Crippen LogP contribution in [-0.2, 0) is 25.7 Å². The molecule has 0 N–H and O–H groups in total. The molecular weight excluding hydrogens is 431 g/mol. The van der Waals surface area contributed by atoms with E-state index in [0.29, 0.717) is 5.57 Å². The summed E-state index contributed by atoms with van der Waals surface area (Å²) in [6.07, 6.45) is -5.66. The fourth-order valence-electron chi connectivity index (χ4n) is 3.56. The summed E-state index contributed by atoms with van der Waals surface area (Å²) >= 11 is 0. The van der Waals surface area contributed by atoms with Crippen LogP contribution >= 0.6 is 0 Å². The molecule has 0 aromatic heterocycles. The van der Waals surface area contributed by atoms with Crippen molar-refractivity contribution in [1.29, 1.82) is 0 Å². The van der Waals surface area contributed by atoms with Gasteiger partial charge in [-0.25, -0.2) is 8.42 Å². The number of aryl methyl sites for hydroxylation is 1. The Morgan fingerprint density at radius 2 is 1.84 bits per heavy atom. The highest BCUT2D eigenvalue weighted by Crippen LogP contribution is 2.39. The van der Waals surface area contributed by atoms with Crippen LogP contribution < -0.4 is 0 Å². The van der Waals surface area contributed by atoms with E-state index in [1.54, 1.807) is 12.1 Å². The Kier molecular flexibility index (Phi) is 6.29. The van der Waals surface area contributed by atoms with Gasteiger partial charge in [0.15, 0.2) is 0 Å². The molecule has 0 amide bonds. The smallest absolute Gasteiger partial charge is 0.416 e. The fraction of sp³-hybridized carbons (Fsp3) is 0.318. The number of alkyl halides is 3. The minimum absolute atomic E-state index is 0.0163. The van der Waals surface area contributed by atoms with Crippen molar-refractivity contribution in [1.82, 2.24) is 4.31 Å². The van der Waals surface area contributed by atoms with E-state index >= 15 is 0 Å². The van der Waals surface area contributed by atoms with Gasteiger partial charge in [0.05, 0.1) is 10.5 Å². The first-order valence-corrected chi connectivity index (χ1v) is 10.9. The second-order valence-electron chi connectivity index (χ2n) is 7.53. The molecule has 3 rings (SSSR count). The second-order valence-corrected chi connectivity index (χ2v) is 9.47. The van der Waals surface area contributed by atoms with Crippen LogP contribution in [0.2, 0.25) is 0 Å². The summed E-state index contributed by atoms with van der Waals surface area (Å²) in [6, 6.07) is 10.8. The number of carbonyl (C=O) groups is 1. The minimum Gasteiger partial charge on any atom is -0.457 e. The molecule has 2 aromatic carbocycles. The van der Waals surface area contributed by atoms with Crippen molar-refractivity contribution >= 4 is 16.0 Å². The quantitative estimate of drug-likeness (QED) is 0.494. The van der Waals surface area contributed by atoms with E-state index in [-0.39, 0.29) is 23.5 Å². The molecule has 0 bridgehead atoms. The van der Waals surface area contributed by atoms with Gasteiger partial charge < -0.3 is 4.74 Å². The van der Waals surface area contributed by atoms with Crippen LogP contribution in [0, 0.1) is 12.8 Å². The summed E-state index contributed by atoms with van der Waals surface area (Å²) in [6.45, 7) is 6.82. The van der Waals surface area contributed by atoms with Crippen molar-refractivity contribution in [3.8, 4) is 0 Å². The van der Waals surface area contributed by atoms with Gasteiger partial charge in [0.1, 0.15) is 6.10 Å². The first-order valence-electron chi connectivity index (χ1n) is 9.48. The minimum atomic E-state index is -4.57. The Bertz CT molecular complexity index is 1090. The molecule has 1 aliphatic rings. The Morgan fingerprint density at radius 3 is 2.42 bits per heavy atom. The van der Waals surface area contributed by atoms with Crippen LogP contribution in [0.4, 0.5) is 13.2 Å². The van der Waals surface area contributed by atoms with E-state index in [9.17, 15) is 26.4 Å². The van der Waals surface area contributed by atoms with Crippen LogP contribution in [0.5, 0.6) is 0 Å². The number of ether oxygens (including phenoxy) is 1. The maximum absolute atomic E-state index is 13.2. The molecule has 0 radical (unpaired) electrons. The standard InChI is InChI=1S/C22H22F3NO4S/c1-14-7-9-19(10-8-14)31(28,29)26-12-15(2)20(13-26)21(30-16(3)27)17-5-4-6-18(11-17)22(23,24)25/h4-11,20-21H,2,12-13H2,1,3H3/t20-,21+/m1/s1. The van der Waals surface area contributed by atoms with Gasteiger partial charge in [-0.15, -0.1) is 0 Å². The van der Waals surface area contributed by atoms with E-state index in [1.165, 1.54) is 28.6 Å². The number of esters is 1. The van der Waals surface area contributed by atoms with Crippen molar-refractivity contribution in [3.05, 3.63) is 77.4 Å². The van der Waals surface area contributed by atoms with Crippen molar-refractivity contribution in [3.63, 3.8) is 0 Å². The van der Waals surface area contributed by atoms with Crippen LogP contribution in [0.25, 0.3) is 0 Å². The number of benzene rings is 2. The average Bonchev–Trinajstić information content (AvgIpc) is 3.08. The third-order valence-electron chi connectivity index (χ3n) is 5.16. The lowest BCUT2D eigenvalue weighted by Crippen LogP contribution is -2.30. The number of hydrogen-bond donors (Lipinski definition) is 0. The van der Waals surface area contributed by atoms with Gasteiger partial charge in [-0.1, -0.05) is 42.0 Å². The molecule has 0 unspecified atom stereocenters. The number of nitrogens with zero attached hydrogens (tertiary/aromatic N) is 1. The molecule has 2 atom stereocenters. The number of hydrogen-bond acceptors (Lipinski definition) is 4. The van der Waals surface area contributed by atoms with E-state index in [2.05, 4.69) is 6.58 Å². The molecule has 1 aliphatic heterocycles. The zero-order chi connectivity index (χ0) is 23.0. The highest BCUT2D eigenvalue weighted by molar-refractivity contribution is 7.89. The summed E-state index contributed by atoms with van der Waals surface area (Å²) in [4.78, 5) is 11.8. The van der Waals surface area contributed by atoms with Crippen molar-refractivity contribution < 1.29 is 31.1 Å². The Morgan fingerprint density at radius 1 is 1.19 bits per heavy atom. The maximum Gasteiger partial charge on any atom is 0.416 e. The number of sulfonamides is 1. The Labute approximate surface area is 179 Å². The van der Waals surface area contributed by atoms with Crippen LogP contribution in [-0.4, -0.2) is 31.8 Å². The van der Waals surface area contributed by atoms with Gasteiger partial charge in [0, 0.05) is 25.9 Å². The first kappa shape index (κ1) is 23.0. The van der Waals surface area contributed by atoms with E-state index < -0.39 is 39.8 Å². The molecule has 1 saturated heterocycles. The van der Waals surface area contributed by atoms with Crippen molar-refractivity contribution in [2.45, 2.75) is 31.0 Å². The highest BCUT2D eigenvalue weighted by atomic mass is 32.2. The largest absolute Gasteiger partial charge is 0.457 e. The van der Waals surface area contributed by atoms with Gasteiger partial charge in [-0.2, -0.15) is 17.5 Å². The van der Waals surface area contributed by atoms with E-state index in [0.717, 1.165) is 24.6 Å². The molecule has 1 heterocycles. The lowest BCUT2D eigenvalue weighted by Gasteiger charge is -2.25. The highest BCUT2D eigenvalue weighted by Gasteiger charge is 2.41. The first-order chi connectivity index (χ1) is 14.4. The lowest BCUT2D eigenvalue weighted by molar-refractivity contribution is -0.148. The molecule has 1 fully saturated rings. The van der Waals surface area contributed by atoms with Gasteiger partial charge in [0.25, 0.3) is 0 Å². The fourth-order valence-corrected chi connectivity index (χ4v) is 5.03. The molecule has 0 saturated carbocycles. The number of carbonyl (C=O) groups excluding carboxylic acids is 1. The summed E-state index contributed by atoms with van der Waals surface area (Å²) in [5, 5.41) is 0. The molecule has 5 nitrogen and oxygen atoms in total. The summed E-state index contributed by atoms with van der Waals surface area (Å²) in [5.41, 5.74) is 0.613. The van der Waals surface area contributed by atoms with E-state index in [1.807, 2.05) is 6.92 Å². The Hall–Kier alpha value is -2.65. The molecule has 0 aliphatic carbocycles. The molecular formula is C22H22F3NO4S. The van der Waals surface area contributed by atoms with Gasteiger partial charge in [-0.3, -0.25) is 4.79 Å². The lowest BCUT2D eigenvalue weighted by atomic mass is 9.91. The number of rotatable bonds is 5. The topological polar surface area (TPSA) is 63.7 Å². The monoisotopic (exact) mass is 453 g/mol. The van der Waals surface area contributed by atoms with Crippen LogP contribution in [0.3, 0.4) is 0 Å².